The van der Waals surface area contributed by atoms with Crippen LogP contribution in [0.3, 0.4) is 0 Å². The highest BCUT2D eigenvalue weighted by Gasteiger charge is 2.29. The third-order valence-electron chi connectivity index (χ3n) is 3.91. The lowest BCUT2D eigenvalue weighted by atomic mass is 9.97. The zero-order valence-electron chi connectivity index (χ0n) is 12.0. The lowest BCUT2D eigenvalue weighted by molar-refractivity contribution is 0.171. The van der Waals surface area contributed by atoms with E-state index in [2.05, 4.69) is 11.2 Å². The van der Waals surface area contributed by atoms with Gasteiger partial charge in [-0.1, -0.05) is 35.9 Å². The van der Waals surface area contributed by atoms with E-state index in [0.717, 1.165) is 5.56 Å². The molecule has 1 saturated carbocycles. The minimum Gasteiger partial charge on any atom is -0.383 e. The Morgan fingerprint density at radius 3 is 2.90 bits per heavy atom. The minimum atomic E-state index is -0.756. The predicted octanol–water partition coefficient (Wildman–Crippen LogP) is 3.14. The van der Waals surface area contributed by atoms with Gasteiger partial charge in [-0.15, -0.1) is 0 Å². The van der Waals surface area contributed by atoms with Crippen molar-refractivity contribution in [2.24, 2.45) is 0 Å². The van der Waals surface area contributed by atoms with Gasteiger partial charge in [0.2, 0.25) is 0 Å². The number of aliphatic hydroxyl groups excluding tert-OH is 1. The first kappa shape index (κ1) is 14.6. The van der Waals surface area contributed by atoms with Crippen LogP contribution < -0.4 is 0 Å². The molecule has 1 aromatic carbocycles. The molecule has 0 aliphatic heterocycles. The average molecular weight is 307 g/mol. The summed E-state index contributed by atoms with van der Waals surface area (Å²) in [6.45, 7) is 1.10. The van der Waals surface area contributed by atoms with E-state index in [4.69, 9.17) is 16.3 Å². The number of aliphatic hydroxyl groups is 1. The summed E-state index contributed by atoms with van der Waals surface area (Å²) >= 11 is 6.23. The van der Waals surface area contributed by atoms with Gasteiger partial charge in [0.1, 0.15) is 6.10 Å². The molecule has 1 atom stereocenters. The van der Waals surface area contributed by atoms with Gasteiger partial charge in [-0.2, -0.15) is 5.10 Å². The largest absolute Gasteiger partial charge is 0.383 e. The topological polar surface area (TPSA) is 47.3 Å². The molecule has 1 heterocycles. The predicted molar refractivity (Wildman–Crippen MR) is 81.6 cm³/mol. The lowest BCUT2D eigenvalue weighted by Gasteiger charge is -2.17. The molecule has 3 rings (SSSR count). The Morgan fingerprint density at radius 1 is 1.43 bits per heavy atom. The van der Waals surface area contributed by atoms with E-state index < -0.39 is 6.10 Å². The van der Waals surface area contributed by atoms with Gasteiger partial charge in [0.05, 0.1) is 30.1 Å². The molecule has 1 N–H and O–H groups in total. The van der Waals surface area contributed by atoms with Crippen LogP contribution in [-0.4, -0.2) is 28.6 Å². The van der Waals surface area contributed by atoms with Crippen molar-refractivity contribution in [3.8, 4) is 0 Å². The molecule has 1 aliphatic rings. The van der Waals surface area contributed by atoms with Crippen molar-refractivity contribution in [1.82, 2.24) is 9.78 Å². The highest BCUT2D eigenvalue weighted by molar-refractivity contribution is 6.31. The molecule has 0 amide bonds. The molecule has 1 aliphatic carbocycles. The van der Waals surface area contributed by atoms with Crippen LogP contribution >= 0.6 is 11.6 Å². The molecule has 0 spiro atoms. The van der Waals surface area contributed by atoms with Gasteiger partial charge in [-0.25, -0.2) is 0 Å². The summed E-state index contributed by atoms with van der Waals surface area (Å²) in [4.78, 5) is 0. The molecule has 0 saturated heterocycles. The summed E-state index contributed by atoms with van der Waals surface area (Å²) < 4.78 is 6.80. The quantitative estimate of drug-likeness (QED) is 0.892. The van der Waals surface area contributed by atoms with Gasteiger partial charge < -0.3 is 9.84 Å². The maximum atomic E-state index is 10.8. The van der Waals surface area contributed by atoms with Crippen molar-refractivity contribution >= 4 is 11.6 Å². The fourth-order valence-corrected chi connectivity index (χ4v) is 2.92. The molecule has 112 valence electrons. The molecule has 2 aromatic rings. The van der Waals surface area contributed by atoms with Gasteiger partial charge in [-0.05, 0) is 29.9 Å². The molecule has 21 heavy (non-hydrogen) atoms. The second-order valence-electron chi connectivity index (χ2n) is 5.40. The number of benzene rings is 1. The number of hydrogen-bond donors (Lipinski definition) is 1. The first-order valence-corrected chi connectivity index (χ1v) is 7.57. The van der Waals surface area contributed by atoms with Crippen LogP contribution in [0.15, 0.2) is 30.5 Å². The fraction of sp³-hybridized carbons (Fsp3) is 0.438. The molecule has 1 unspecified atom stereocenters. The molecule has 1 fully saturated rings. The van der Waals surface area contributed by atoms with Crippen molar-refractivity contribution in [3.63, 3.8) is 0 Å². The summed E-state index contributed by atoms with van der Waals surface area (Å²) in [5, 5.41) is 15.5. The average Bonchev–Trinajstić information content (AvgIpc) is 3.28. The van der Waals surface area contributed by atoms with Crippen molar-refractivity contribution < 1.29 is 9.84 Å². The molecule has 0 bridgehead atoms. The first-order chi connectivity index (χ1) is 10.2. The van der Waals surface area contributed by atoms with Crippen LogP contribution in [0.2, 0.25) is 5.02 Å². The Kier molecular flexibility index (Phi) is 4.29. The maximum Gasteiger partial charge on any atom is 0.122 e. The number of nitrogens with zero attached hydrogens (tertiary/aromatic N) is 2. The number of hydrogen-bond acceptors (Lipinski definition) is 3. The summed E-state index contributed by atoms with van der Waals surface area (Å²) in [7, 11) is 1.64. The number of rotatable bonds is 6. The highest BCUT2D eigenvalue weighted by atomic mass is 35.5. The monoisotopic (exact) mass is 306 g/mol. The van der Waals surface area contributed by atoms with E-state index in [-0.39, 0.29) is 0 Å². The molecule has 4 nitrogen and oxygen atoms in total. The van der Waals surface area contributed by atoms with Crippen LogP contribution in [0.5, 0.6) is 0 Å². The van der Waals surface area contributed by atoms with Crippen LogP contribution in [-0.2, 0) is 11.3 Å². The Labute approximate surface area is 129 Å². The van der Waals surface area contributed by atoms with Crippen LogP contribution in [0.4, 0.5) is 0 Å². The van der Waals surface area contributed by atoms with Gasteiger partial charge in [0, 0.05) is 7.11 Å². The van der Waals surface area contributed by atoms with E-state index in [1.165, 1.54) is 18.4 Å². The van der Waals surface area contributed by atoms with E-state index in [1.807, 2.05) is 18.2 Å². The third-order valence-corrected chi connectivity index (χ3v) is 4.20. The highest BCUT2D eigenvalue weighted by Crippen LogP contribution is 2.44. The van der Waals surface area contributed by atoms with Crippen LogP contribution in [0.1, 0.15) is 41.7 Å². The Balaban J connectivity index is 1.95. The molecule has 0 radical (unpaired) electrons. The number of ether oxygens (including phenoxy) is 1. The van der Waals surface area contributed by atoms with E-state index in [1.54, 1.807) is 18.0 Å². The van der Waals surface area contributed by atoms with Gasteiger partial charge in [0.15, 0.2) is 0 Å². The van der Waals surface area contributed by atoms with Gasteiger partial charge >= 0.3 is 0 Å². The summed E-state index contributed by atoms with van der Waals surface area (Å²) in [6, 6.07) is 8.05. The SMILES string of the molecule is COCCn1ncc(Cl)c1C(O)c1ccccc1C1CC1. The van der Waals surface area contributed by atoms with Crippen molar-refractivity contribution in [1.29, 1.82) is 0 Å². The maximum absolute atomic E-state index is 10.8. The van der Waals surface area contributed by atoms with E-state index in [0.29, 0.717) is 29.8 Å². The number of halogens is 1. The Bertz CT molecular complexity index is 622. The Hall–Kier alpha value is -1.36. The summed E-state index contributed by atoms with van der Waals surface area (Å²) in [5.41, 5.74) is 2.79. The number of aromatic nitrogens is 2. The number of methoxy groups -OCH3 is 1. The summed E-state index contributed by atoms with van der Waals surface area (Å²) in [6.07, 6.45) is 3.21. The van der Waals surface area contributed by atoms with Crippen molar-refractivity contribution in [3.05, 3.63) is 52.3 Å². The zero-order chi connectivity index (χ0) is 14.8. The standard InChI is InChI=1S/C16H19ClN2O2/c1-21-9-8-19-15(14(17)10-18-19)16(20)13-5-3-2-4-12(13)11-6-7-11/h2-5,10-11,16,20H,6-9H2,1H3. The van der Waals surface area contributed by atoms with Gasteiger partial charge in [0.25, 0.3) is 0 Å². The zero-order valence-corrected chi connectivity index (χ0v) is 12.8. The smallest absolute Gasteiger partial charge is 0.122 e. The van der Waals surface area contributed by atoms with Crippen LogP contribution in [0, 0.1) is 0 Å². The molecule has 5 heteroatoms. The summed E-state index contributed by atoms with van der Waals surface area (Å²) in [5.74, 6) is 0.574. The van der Waals surface area contributed by atoms with Gasteiger partial charge in [-0.3, -0.25) is 4.68 Å². The van der Waals surface area contributed by atoms with E-state index >= 15 is 0 Å². The van der Waals surface area contributed by atoms with E-state index in [9.17, 15) is 5.11 Å². The third kappa shape index (κ3) is 2.98. The van der Waals surface area contributed by atoms with Crippen molar-refractivity contribution in [2.45, 2.75) is 31.4 Å². The molecule has 1 aromatic heterocycles. The minimum absolute atomic E-state index is 0.490. The first-order valence-electron chi connectivity index (χ1n) is 7.19. The molecular formula is C16H19ClN2O2. The second-order valence-corrected chi connectivity index (χ2v) is 5.81. The van der Waals surface area contributed by atoms with Crippen LogP contribution in [0.25, 0.3) is 0 Å². The Morgan fingerprint density at radius 2 is 2.19 bits per heavy atom. The molecular weight excluding hydrogens is 288 g/mol. The fourth-order valence-electron chi connectivity index (χ4n) is 2.67. The lowest BCUT2D eigenvalue weighted by Crippen LogP contribution is -2.14. The second kappa shape index (κ2) is 6.18. The normalized spacial score (nSPS) is 16.1. The van der Waals surface area contributed by atoms with Crippen molar-refractivity contribution in [2.75, 3.05) is 13.7 Å².